The summed E-state index contributed by atoms with van der Waals surface area (Å²) in [5.41, 5.74) is 0.349. The molecule has 0 atom stereocenters. The van der Waals surface area contributed by atoms with Gasteiger partial charge in [0.15, 0.2) is 0 Å². The van der Waals surface area contributed by atoms with Crippen molar-refractivity contribution in [2.24, 2.45) is 0 Å². The number of hydrogen-bond donors (Lipinski definition) is 0. The van der Waals surface area contributed by atoms with Crippen molar-refractivity contribution in [1.29, 1.82) is 0 Å². The summed E-state index contributed by atoms with van der Waals surface area (Å²) < 4.78 is 22.7. The smallest absolute Gasteiger partial charge is 0.340 e. The van der Waals surface area contributed by atoms with E-state index in [0.29, 0.717) is 11.0 Å². The quantitative estimate of drug-likeness (QED) is 0.654. The molecule has 0 saturated carbocycles. The lowest BCUT2D eigenvalue weighted by molar-refractivity contribution is 0.0595. The molecule has 2 aromatic rings. The van der Waals surface area contributed by atoms with Crippen molar-refractivity contribution < 1.29 is 18.3 Å². The molecule has 0 aliphatic carbocycles. The van der Waals surface area contributed by atoms with Crippen LogP contribution in [0.3, 0.4) is 0 Å². The van der Waals surface area contributed by atoms with Crippen molar-refractivity contribution in [3.05, 3.63) is 35.8 Å². The van der Waals surface area contributed by atoms with E-state index in [-0.39, 0.29) is 5.56 Å². The number of fused-ring (bicyclic) bond motifs is 1. The maximum absolute atomic E-state index is 13.3. The highest BCUT2D eigenvalue weighted by Gasteiger charge is 2.14. The molecule has 0 N–H and O–H groups in total. The van der Waals surface area contributed by atoms with Crippen molar-refractivity contribution >= 4 is 16.9 Å². The first kappa shape index (κ1) is 8.74. The van der Waals surface area contributed by atoms with E-state index in [0.717, 1.165) is 0 Å². The lowest BCUT2D eigenvalue weighted by Gasteiger charge is -2.00. The van der Waals surface area contributed by atoms with Crippen LogP contribution in [0.4, 0.5) is 4.39 Å². The Bertz CT molecular complexity index is 487. The number of esters is 1. The van der Waals surface area contributed by atoms with E-state index in [1.165, 1.54) is 25.5 Å². The Morgan fingerprint density at radius 3 is 3.00 bits per heavy atom. The molecule has 1 aromatic carbocycles. The van der Waals surface area contributed by atoms with E-state index in [1.54, 1.807) is 6.07 Å². The Morgan fingerprint density at radius 1 is 1.50 bits per heavy atom. The molecule has 1 heterocycles. The standard InChI is InChI=1S/C10H7FO3/c1-13-10(12)7-5-9-6(2-3-14-9)4-8(7)11/h2-5H,1H3. The fourth-order valence-electron chi connectivity index (χ4n) is 1.25. The van der Waals surface area contributed by atoms with E-state index < -0.39 is 11.8 Å². The number of carbonyl (C=O) groups excluding carboxylic acids is 1. The molecule has 0 bridgehead atoms. The number of methoxy groups -OCH3 is 1. The molecule has 0 unspecified atom stereocenters. The van der Waals surface area contributed by atoms with Gasteiger partial charge in [0, 0.05) is 5.39 Å². The van der Waals surface area contributed by atoms with Crippen LogP contribution in [-0.2, 0) is 4.74 Å². The van der Waals surface area contributed by atoms with Gasteiger partial charge >= 0.3 is 5.97 Å². The summed E-state index contributed by atoms with van der Waals surface area (Å²) in [4.78, 5) is 11.1. The predicted octanol–water partition coefficient (Wildman–Crippen LogP) is 2.36. The van der Waals surface area contributed by atoms with E-state index in [2.05, 4.69) is 4.74 Å². The Labute approximate surface area is 79.1 Å². The molecule has 14 heavy (non-hydrogen) atoms. The van der Waals surface area contributed by atoms with Crippen molar-refractivity contribution in [2.75, 3.05) is 7.11 Å². The summed E-state index contributed by atoms with van der Waals surface area (Å²) in [6, 6.07) is 4.20. The van der Waals surface area contributed by atoms with Gasteiger partial charge in [-0.15, -0.1) is 0 Å². The summed E-state index contributed by atoms with van der Waals surface area (Å²) in [6.07, 6.45) is 1.44. The molecule has 0 amide bonds. The number of halogens is 1. The topological polar surface area (TPSA) is 39.4 Å². The average molecular weight is 194 g/mol. The van der Waals surface area contributed by atoms with Crippen LogP contribution in [0.25, 0.3) is 11.0 Å². The fraction of sp³-hybridized carbons (Fsp3) is 0.100. The largest absolute Gasteiger partial charge is 0.465 e. The minimum atomic E-state index is -0.708. The third-order valence-corrected chi connectivity index (χ3v) is 1.95. The van der Waals surface area contributed by atoms with Crippen LogP contribution < -0.4 is 0 Å². The van der Waals surface area contributed by atoms with Crippen molar-refractivity contribution in [2.45, 2.75) is 0 Å². The van der Waals surface area contributed by atoms with Crippen molar-refractivity contribution in [3.63, 3.8) is 0 Å². The lowest BCUT2D eigenvalue weighted by atomic mass is 10.1. The Kier molecular flexibility index (Phi) is 1.96. The maximum atomic E-state index is 13.3. The number of hydrogen-bond acceptors (Lipinski definition) is 3. The monoisotopic (exact) mass is 194 g/mol. The molecule has 0 spiro atoms. The molecule has 0 aliphatic heterocycles. The number of carbonyl (C=O) groups is 1. The summed E-state index contributed by atoms with van der Waals surface area (Å²) >= 11 is 0. The Hall–Kier alpha value is -1.84. The first-order valence-corrected chi connectivity index (χ1v) is 3.97. The third kappa shape index (κ3) is 1.25. The minimum absolute atomic E-state index is 0.116. The maximum Gasteiger partial charge on any atom is 0.340 e. The van der Waals surface area contributed by atoms with E-state index in [1.807, 2.05) is 0 Å². The highest BCUT2D eigenvalue weighted by atomic mass is 19.1. The Balaban J connectivity index is 2.64. The molecular formula is C10H7FO3. The zero-order valence-electron chi connectivity index (χ0n) is 7.41. The van der Waals surface area contributed by atoms with Crippen LogP contribution in [0, 0.1) is 5.82 Å². The second kappa shape index (κ2) is 3.14. The van der Waals surface area contributed by atoms with Crippen LogP contribution in [-0.4, -0.2) is 13.1 Å². The molecule has 1 aromatic heterocycles. The lowest BCUT2D eigenvalue weighted by Crippen LogP contribution is -2.03. The summed E-state index contributed by atoms with van der Waals surface area (Å²) in [6.45, 7) is 0. The highest BCUT2D eigenvalue weighted by Crippen LogP contribution is 2.20. The van der Waals surface area contributed by atoms with Gasteiger partial charge in [0.2, 0.25) is 0 Å². The van der Waals surface area contributed by atoms with Crippen LogP contribution >= 0.6 is 0 Å². The molecule has 2 rings (SSSR count). The van der Waals surface area contributed by atoms with Gasteiger partial charge in [-0.1, -0.05) is 0 Å². The number of benzene rings is 1. The zero-order chi connectivity index (χ0) is 10.1. The summed E-state index contributed by atoms with van der Waals surface area (Å²) in [5, 5.41) is 0.621. The van der Waals surface area contributed by atoms with Crippen LogP contribution in [0.2, 0.25) is 0 Å². The average Bonchev–Trinajstić information content (AvgIpc) is 2.62. The SMILES string of the molecule is COC(=O)c1cc2occc2cc1F. The predicted molar refractivity (Wildman–Crippen MR) is 47.5 cm³/mol. The molecular weight excluding hydrogens is 187 g/mol. The van der Waals surface area contributed by atoms with Crippen LogP contribution in [0.15, 0.2) is 28.9 Å². The Morgan fingerprint density at radius 2 is 2.29 bits per heavy atom. The first-order chi connectivity index (χ1) is 6.72. The first-order valence-electron chi connectivity index (χ1n) is 3.97. The zero-order valence-corrected chi connectivity index (χ0v) is 7.41. The van der Waals surface area contributed by atoms with Gasteiger partial charge in [0.1, 0.15) is 11.4 Å². The van der Waals surface area contributed by atoms with E-state index in [4.69, 9.17) is 4.42 Å². The molecule has 0 saturated heterocycles. The van der Waals surface area contributed by atoms with E-state index >= 15 is 0 Å². The van der Waals surface area contributed by atoms with Crippen LogP contribution in [0.1, 0.15) is 10.4 Å². The molecule has 0 aliphatic rings. The van der Waals surface area contributed by atoms with Gasteiger partial charge in [-0.05, 0) is 18.2 Å². The van der Waals surface area contributed by atoms with Crippen LogP contribution in [0.5, 0.6) is 0 Å². The van der Waals surface area contributed by atoms with Gasteiger partial charge < -0.3 is 9.15 Å². The molecule has 72 valence electrons. The molecule has 0 radical (unpaired) electrons. The number of rotatable bonds is 1. The van der Waals surface area contributed by atoms with Gasteiger partial charge in [-0.2, -0.15) is 0 Å². The summed E-state index contributed by atoms with van der Waals surface area (Å²) in [5.74, 6) is -1.31. The van der Waals surface area contributed by atoms with Gasteiger partial charge in [-0.3, -0.25) is 0 Å². The van der Waals surface area contributed by atoms with Crippen molar-refractivity contribution in [1.82, 2.24) is 0 Å². The van der Waals surface area contributed by atoms with E-state index in [9.17, 15) is 9.18 Å². The highest BCUT2D eigenvalue weighted by molar-refractivity contribution is 5.94. The molecule has 3 nitrogen and oxygen atoms in total. The number of ether oxygens (including phenoxy) is 1. The second-order valence-corrected chi connectivity index (χ2v) is 2.78. The second-order valence-electron chi connectivity index (χ2n) is 2.78. The van der Waals surface area contributed by atoms with Crippen molar-refractivity contribution in [3.8, 4) is 0 Å². The third-order valence-electron chi connectivity index (χ3n) is 1.95. The van der Waals surface area contributed by atoms with Gasteiger partial charge in [0.25, 0.3) is 0 Å². The fourth-order valence-corrected chi connectivity index (χ4v) is 1.25. The van der Waals surface area contributed by atoms with Gasteiger partial charge in [-0.25, -0.2) is 9.18 Å². The normalized spacial score (nSPS) is 10.4. The number of furan rings is 1. The minimum Gasteiger partial charge on any atom is -0.465 e. The molecule has 0 fully saturated rings. The van der Waals surface area contributed by atoms with Gasteiger partial charge in [0.05, 0.1) is 18.9 Å². The summed E-state index contributed by atoms with van der Waals surface area (Å²) in [7, 11) is 1.20. The molecule has 4 heteroatoms.